The minimum absolute atomic E-state index is 0.0150. The zero-order valence-corrected chi connectivity index (χ0v) is 11.5. The molecule has 2 nitrogen and oxygen atoms in total. The van der Waals surface area contributed by atoms with Crippen LogP contribution in [0, 0.1) is 12.3 Å². The molecule has 18 heavy (non-hydrogen) atoms. The van der Waals surface area contributed by atoms with Gasteiger partial charge in [-0.15, -0.1) is 6.42 Å². The summed E-state index contributed by atoms with van der Waals surface area (Å²) in [7, 11) is 0. The van der Waals surface area contributed by atoms with E-state index in [0.29, 0.717) is 6.04 Å². The van der Waals surface area contributed by atoms with Crippen molar-refractivity contribution in [1.29, 1.82) is 0 Å². The molecule has 1 heterocycles. The molecular formula is C16H22N2. The van der Waals surface area contributed by atoms with E-state index in [-0.39, 0.29) is 11.6 Å². The third-order valence-corrected chi connectivity index (χ3v) is 4.00. The number of hydrogen-bond donors (Lipinski definition) is 1. The zero-order valence-electron chi connectivity index (χ0n) is 11.5. The van der Waals surface area contributed by atoms with E-state index in [2.05, 4.69) is 67.2 Å². The highest BCUT2D eigenvalue weighted by Gasteiger charge is 2.36. The SMILES string of the molecule is C#CC(C)N1CC(C)(c2ccccc2)NCC1C. The van der Waals surface area contributed by atoms with E-state index in [1.54, 1.807) is 0 Å². The van der Waals surface area contributed by atoms with Gasteiger partial charge in [-0.3, -0.25) is 4.90 Å². The van der Waals surface area contributed by atoms with Crippen LogP contribution in [0.4, 0.5) is 0 Å². The lowest BCUT2D eigenvalue weighted by atomic mass is 9.88. The fourth-order valence-corrected chi connectivity index (χ4v) is 2.68. The largest absolute Gasteiger partial charge is 0.305 e. The predicted molar refractivity (Wildman–Crippen MR) is 76.3 cm³/mol. The van der Waals surface area contributed by atoms with E-state index in [9.17, 15) is 0 Å². The minimum atomic E-state index is -0.0150. The summed E-state index contributed by atoms with van der Waals surface area (Å²) in [6, 6.07) is 11.3. The van der Waals surface area contributed by atoms with Gasteiger partial charge in [0.25, 0.3) is 0 Å². The first-order valence-corrected chi connectivity index (χ1v) is 6.59. The molecule has 1 saturated heterocycles. The maximum atomic E-state index is 5.58. The van der Waals surface area contributed by atoms with Crippen molar-refractivity contribution in [2.24, 2.45) is 0 Å². The molecule has 1 aromatic carbocycles. The Morgan fingerprint density at radius 1 is 1.44 bits per heavy atom. The first-order valence-electron chi connectivity index (χ1n) is 6.59. The van der Waals surface area contributed by atoms with Crippen molar-refractivity contribution in [2.75, 3.05) is 13.1 Å². The van der Waals surface area contributed by atoms with E-state index in [1.165, 1.54) is 5.56 Å². The molecule has 1 N–H and O–H groups in total. The van der Waals surface area contributed by atoms with Gasteiger partial charge in [-0.25, -0.2) is 0 Å². The van der Waals surface area contributed by atoms with Crippen LogP contribution in [0.2, 0.25) is 0 Å². The average Bonchev–Trinajstić information content (AvgIpc) is 2.42. The van der Waals surface area contributed by atoms with Crippen molar-refractivity contribution in [3.8, 4) is 12.3 Å². The predicted octanol–water partition coefficient (Wildman–Crippen LogP) is 2.22. The smallest absolute Gasteiger partial charge is 0.0686 e. The molecule has 0 bridgehead atoms. The van der Waals surface area contributed by atoms with Crippen LogP contribution in [0.3, 0.4) is 0 Å². The molecule has 0 spiro atoms. The van der Waals surface area contributed by atoms with E-state index in [0.717, 1.165) is 13.1 Å². The lowest BCUT2D eigenvalue weighted by Crippen LogP contribution is -2.62. The fourth-order valence-electron chi connectivity index (χ4n) is 2.68. The zero-order chi connectivity index (χ0) is 13.2. The molecule has 0 aromatic heterocycles. The molecular weight excluding hydrogens is 220 g/mol. The van der Waals surface area contributed by atoms with Crippen LogP contribution < -0.4 is 5.32 Å². The molecule has 1 aliphatic heterocycles. The topological polar surface area (TPSA) is 15.3 Å². The van der Waals surface area contributed by atoms with Gasteiger partial charge >= 0.3 is 0 Å². The molecule has 3 atom stereocenters. The number of nitrogens with one attached hydrogen (secondary N) is 1. The summed E-state index contributed by atoms with van der Waals surface area (Å²) in [5, 5.41) is 3.66. The van der Waals surface area contributed by atoms with Crippen LogP contribution in [0.15, 0.2) is 30.3 Å². The number of hydrogen-bond acceptors (Lipinski definition) is 2. The van der Waals surface area contributed by atoms with Crippen molar-refractivity contribution in [2.45, 2.75) is 38.4 Å². The summed E-state index contributed by atoms with van der Waals surface area (Å²) in [6.07, 6.45) is 5.58. The molecule has 96 valence electrons. The summed E-state index contributed by atoms with van der Waals surface area (Å²) in [4.78, 5) is 2.41. The van der Waals surface area contributed by atoms with Gasteiger partial charge in [0.05, 0.1) is 11.6 Å². The maximum absolute atomic E-state index is 5.58. The normalized spacial score (nSPS) is 30.7. The Morgan fingerprint density at radius 2 is 2.11 bits per heavy atom. The Morgan fingerprint density at radius 3 is 2.72 bits per heavy atom. The fraction of sp³-hybridized carbons (Fsp3) is 0.500. The minimum Gasteiger partial charge on any atom is -0.305 e. The molecule has 1 aliphatic rings. The van der Waals surface area contributed by atoms with Gasteiger partial charge < -0.3 is 5.32 Å². The maximum Gasteiger partial charge on any atom is 0.0686 e. The molecule has 1 fully saturated rings. The highest BCUT2D eigenvalue weighted by molar-refractivity contribution is 5.25. The number of nitrogens with zero attached hydrogens (tertiary/aromatic N) is 1. The summed E-state index contributed by atoms with van der Waals surface area (Å²) >= 11 is 0. The van der Waals surface area contributed by atoms with E-state index < -0.39 is 0 Å². The first-order chi connectivity index (χ1) is 8.57. The molecule has 2 rings (SSSR count). The van der Waals surface area contributed by atoms with Gasteiger partial charge in [0.1, 0.15) is 0 Å². The second kappa shape index (κ2) is 5.14. The molecule has 0 amide bonds. The molecule has 1 aromatic rings. The van der Waals surface area contributed by atoms with Crippen LogP contribution >= 0.6 is 0 Å². The van der Waals surface area contributed by atoms with E-state index in [4.69, 9.17) is 6.42 Å². The van der Waals surface area contributed by atoms with E-state index >= 15 is 0 Å². The second-order valence-electron chi connectivity index (χ2n) is 5.44. The standard InChI is InChI=1S/C16H22N2/c1-5-13(2)18-12-16(4,17-11-14(18)3)15-9-7-6-8-10-15/h1,6-10,13-14,17H,11-12H2,2-4H3. The summed E-state index contributed by atoms with van der Waals surface area (Å²) < 4.78 is 0. The van der Waals surface area contributed by atoms with Crippen molar-refractivity contribution in [1.82, 2.24) is 10.2 Å². The Kier molecular flexibility index (Phi) is 3.75. The summed E-state index contributed by atoms with van der Waals surface area (Å²) in [5.74, 6) is 2.85. The first kappa shape index (κ1) is 13.1. The van der Waals surface area contributed by atoms with Crippen molar-refractivity contribution in [3.05, 3.63) is 35.9 Å². The number of benzene rings is 1. The van der Waals surface area contributed by atoms with Crippen LogP contribution in [-0.2, 0) is 5.54 Å². The van der Waals surface area contributed by atoms with Crippen LogP contribution in [0.25, 0.3) is 0 Å². The number of piperazine rings is 1. The van der Waals surface area contributed by atoms with Crippen LogP contribution in [-0.4, -0.2) is 30.1 Å². The Bertz CT molecular complexity index is 434. The molecule has 0 aliphatic carbocycles. The van der Waals surface area contributed by atoms with Crippen molar-refractivity contribution < 1.29 is 0 Å². The monoisotopic (exact) mass is 242 g/mol. The highest BCUT2D eigenvalue weighted by atomic mass is 15.3. The van der Waals surface area contributed by atoms with Gasteiger partial charge in [0.2, 0.25) is 0 Å². The highest BCUT2D eigenvalue weighted by Crippen LogP contribution is 2.27. The number of rotatable bonds is 2. The second-order valence-corrected chi connectivity index (χ2v) is 5.44. The van der Waals surface area contributed by atoms with E-state index in [1.807, 2.05) is 0 Å². The molecule has 0 saturated carbocycles. The van der Waals surface area contributed by atoms with Gasteiger partial charge in [-0.1, -0.05) is 36.3 Å². The van der Waals surface area contributed by atoms with Crippen molar-refractivity contribution in [3.63, 3.8) is 0 Å². The third kappa shape index (κ3) is 2.43. The number of terminal acetylenes is 1. The Balaban J connectivity index is 2.24. The lowest BCUT2D eigenvalue weighted by molar-refractivity contribution is 0.0797. The van der Waals surface area contributed by atoms with Crippen LogP contribution in [0.5, 0.6) is 0 Å². The Hall–Kier alpha value is -1.30. The Labute approximate surface area is 110 Å². The van der Waals surface area contributed by atoms with Crippen molar-refractivity contribution >= 4 is 0 Å². The third-order valence-electron chi connectivity index (χ3n) is 4.00. The van der Waals surface area contributed by atoms with Gasteiger partial charge in [-0.2, -0.15) is 0 Å². The molecule has 3 unspecified atom stereocenters. The van der Waals surface area contributed by atoms with Gasteiger partial charge in [0, 0.05) is 19.1 Å². The molecule has 2 heteroatoms. The van der Waals surface area contributed by atoms with Gasteiger partial charge in [0.15, 0.2) is 0 Å². The van der Waals surface area contributed by atoms with Gasteiger partial charge in [-0.05, 0) is 26.3 Å². The lowest BCUT2D eigenvalue weighted by Gasteiger charge is -2.47. The van der Waals surface area contributed by atoms with Crippen LogP contribution in [0.1, 0.15) is 26.3 Å². The summed E-state index contributed by atoms with van der Waals surface area (Å²) in [5.41, 5.74) is 1.31. The quantitative estimate of drug-likeness (QED) is 0.800. The average molecular weight is 242 g/mol. The molecule has 0 radical (unpaired) electrons. The summed E-state index contributed by atoms with van der Waals surface area (Å²) in [6.45, 7) is 8.50.